The molecule has 10 N–H and O–H groups in total. The Bertz CT molecular complexity index is 1650. The van der Waals surface area contributed by atoms with Crippen molar-refractivity contribution >= 4 is 41.4 Å². The Hall–Kier alpha value is -5.79. The molecule has 1 aliphatic heterocycles. The van der Waals surface area contributed by atoms with Gasteiger partial charge in [0.05, 0.1) is 39.9 Å². The number of phenols is 2. The van der Waals surface area contributed by atoms with E-state index in [9.17, 15) is 54.0 Å². The number of rotatable bonds is 12. The fourth-order valence-electron chi connectivity index (χ4n) is 5.01. The first kappa shape index (κ1) is 39.6. The molecule has 19 heteroatoms. The van der Waals surface area contributed by atoms with Gasteiger partial charge in [0, 0.05) is 24.6 Å². The molecule has 6 amide bonds. The van der Waals surface area contributed by atoms with Crippen molar-refractivity contribution in [2.75, 3.05) is 54.0 Å². The summed E-state index contributed by atoms with van der Waals surface area (Å²) in [5.41, 5.74) is 0.706. The Morgan fingerprint density at radius 1 is 0.980 bits per heavy atom. The van der Waals surface area contributed by atoms with Crippen molar-refractivity contribution < 1.29 is 58.7 Å². The third-order valence-electron chi connectivity index (χ3n) is 7.88. The van der Waals surface area contributed by atoms with E-state index < -0.39 is 98.4 Å². The summed E-state index contributed by atoms with van der Waals surface area (Å²) in [6.45, 7) is -2.83. The summed E-state index contributed by atoms with van der Waals surface area (Å²) in [7, 11) is 3.76. The van der Waals surface area contributed by atoms with E-state index in [4.69, 9.17) is 0 Å². The molecule has 276 valence electrons. The van der Waals surface area contributed by atoms with E-state index in [1.807, 2.05) is 0 Å². The van der Waals surface area contributed by atoms with Crippen LogP contribution in [0.1, 0.15) is 17.2 Å². The fraction of sp³-hybridized carbons (Fsp3) is 0.406. The molecule has 0 aromatic heterocycles. The van der Waals surface area contributed by atoms with Crippen LogP contribution in [0.25, 0.3) is 11.1 Å². The normalized spacial score (nSPS) is 17.0. The van der Waals surface area contributed by atoms with E-state index in [-0.39, 0.29) is 34.6 Å². The average molecular weight is 716 g/mol. The zero-order valence-electron chi connectivity index (χ0n) is 28.0. The molecule has 19 nitrogen and oxygen atoms in total. The maximum Gasteiger partial charge on any atom is 0.336 e. The molecule has 0 aliphatic carbocycles. The molecule has 51 heavy (non-hydrogen) atoms. The van der Waals surface area contributed by atoms with Crippen LogP contribution >= 0.6 is 0 Å². The Labute approximate surface area is 291 Å². The van der Waals surface area contributed by atoms with E-state index >= 15 is 0 Å². The number of hydrogen-bond acceptors (Lipinski definition) is 13. The van der Waals surface area contributed by atoms with Crippen molar-refractivity contribution in [3.63, 3.8) is 0 Å². The number of nitrogens with zero attached hydrogens (tertiary/aromatic N) is 1. The number of aromatic hydroxyl groups is 2. The minimum atomic E-state index is -1.68. The van der Waals surface area contributed by atoms with Crippen molar-refractivity contribution in [2.45, 2.75) is 30.7 Å². The summed E-state index contributed by atoms with van der Waals surface area (Å²) in [4.78, 5) is 89.9. The monoisotopic (exact) mass is 715 g/mol. The lowest BCUT2D eigenvalue weighted by Crippen LogP contribution is -2.53. The number of aliphatic hydroxyl groups excluding tert-OH is 2. The first-order chi connectivity index (χ1) is 24.2. The quantitative estimate of drug-likeness (QED) is 0.0937. The Balaban J connectivity index is 1.90. The van der Waals surface area contributed by atoms with Gasteiger partial charge in [-0.15, -0.1) is 0 Å². The summed E-state index contributed by atoms with van der Waals surface area (Å²) in [5.74, 6) is -6.23. The highest BCUT2D eigenvalue weighted by molar-refractivity contribution is 5.95. The van der Waals surface area contributed by atoms with Crippen LogP contribution < -0.4 is 31.9 Å². The number of nitrogens with one attached hydrogen (secondary N) is 6. The number of likely N-dealkylation sites (N-methyl/N-ethyl adjacent to an activating group) is 2. The average Bonchev–Trinajstić information content (AvgIpc) is 3.11. The first-order valence-electron chi connectivity index (χ1n) is 15.5. The second-order valence-corrected chi connectivity index (χ2v) is 11.4. The van der Waals surface area contributed by atoms with E-state index in [0.717, 1.165) is 12.0 Å². The minimum absolute atomic E-state index is 0.0561. The maximum absolute atomic E-state index is 13.6. The molecule has 1 heterocycles. The zero-order chi connectivity index (χ0) is 37.8. The number of carbonyl (C=O) groups is 7. The number of carbonyl (C=O) groups excluding carboxylic acids is 7. The lowest BCUT2D eigenvalue weighted by atomic mass is 9.94. The van der Waals surface area contributed by atoms with Gasteiger partial charge in [0.15, 0.2) is 6.10 Å². The van der Waals surface area contributed by atoms with E-state index in [0.29, 0.717) is 5.56 Å². The molecule has 0 fully saturated rings. The van der Waals surface area contributed by atoms with Crippen LogP contribution in [0.5, 0.6) is 11.5 Å². The summed E-state index contributed by atoms with van der Waals surface area (Å²) < 4.78 is 4.44. The topological polar surface area (TPSA) is 285 Å². The zero-order valence-corrected chi connectivity index (χ0v) is 28.0. The lowest BCUT2D eigenvalue weighted by Gasteiger charge is -2.29. The van der Waals surface area contributed by atoms with Crippen molar-refractivity contribution in [1.82, 2.24) is 36.8 Å². The highest BCUT2D eigenvalue weighted by Gasteiger charge is 2.31. The summed E-state index contributed by atoms with van der Waals surface area (Å²) in [6.07, 6.45) is -1.84. The highest BCUT2D eigenvalue weighted by Crippen LogP contribution is 2.38. The van der Waals surface area contributed by atoms with Crippen LogP contribution in [-0.2, 0) is 44.7 Å². The van der Waals surface area contributed by atoms with Crippen molar-refractivity contribution in [1.29, 1.82) is 0 Å². The van der Waals surface area contributed by atoms with Gasteiger partial charge in [-0.05, 0) is 42.4 Å². The predicted molar refractivity (Wildman–Crippen MR) is 176 cm³/mol. The number of aliphatic hydroxyl groups is 2. The third-order valence-corrected chi connectivity index (χ3v) is 7.88. The molecule has 1 aliphatic rings. The second kappa shape index (κ2) is 18.3. The minimum Gasteiger partial charge on any atom is -0.507 e. The number of esters is 1. The van der Waals surface area contributed by atoms with Crippen LogP contribution in [-0.4, -0.2) is 139 Å². The molecule has 4 atom stereocenters. The number of phenolic OH excluding ortho intramolecular Hbond substituents is 2. The van der Waals surface area contributed by atoms with Gasteiger partial charge in [-0.2, -0.15) is 0 Å². The lowest BCUT2D eigenvalue weighted by molar-refractivity contribution is -0.150. The second-order valence-electron chi connectivity index (χ2n) is 11.4. The first-order valence-corrected chi connectivity index (χ1v) is 15.5. The summed E-state index contributed by atoms with van der Waals surface area (Å²) >= 11 is 0. The van der Waals surface area contributed by atoms with Crippen molar-refractivity contribution in [2.24, 2.45) is 0 Å². The van der Waals surface area contributed by atoms with Gasteiger partial charge in [0.2, 0.25) is 35.4 Å². The van der Waals surface area contributed by atoms with Crippen molar-refractivity contribution in [3.8, 4) is 22.6 Å². The fourth-order valence-corrected chi connectivity index (χ4v) is 5.01. The largest absolute Gasteiger partial charge is 0.507 e. The van der Waals surface area contributed by atoms with Gasteiger partial charge < -0.3 is 62.0 Å². The smallest absolute Gasteiger partial charge is 0.336 e. The number of fused-ring (bicyclic) bond motifs is 5. The van der Waals surface area contributed by atoms with E-state index in [1.54, 1.807) is 0 Å². The van der Waals surface area contributed by atoms with Crippen LogP contribution in [0, 0.1) is 0 Å². The van der Waals surface area contributed by atoms with Crippen LogP contribution in [0.15, 0.2) is 36.4 Å². The number of ether oxygens (including phenoxy) is 1. The molecule has 2 unspecified atom stereocenters. The molecule has 2 aromatic carbocycles. The SMILES string of the molecule is CN[C@H](CO)C(=O)NCC(=O)NCC(=O)N(C)C1C(=O)NCC(=O)N[C@H](C(=O)NCC(O)C(=O)OC)Cc2ccc(O)c(c2)-c2cc1ccc2O. The van der Waals surface area contributed by atoms with Gasteiger partial charge in [-0.3, -0.25) is 28.8 Å². The Morgan fingerprint density at radius 2 is 1.65 bits per heavy atom. The molecule has 0 spiro atoms. The molecular formula is C32H41N7O12. The molecular weight excluding hydrogens is 674 g/mol. The summed E-state index contributed by atoms with van der Waals surface area (Å²) in [5, 5.41) is 55.1. The van der Waals surface area contributed by atoms with E-state index in [1.165, 1.54) is 50.5 Å². The Morgan fingerprint density at radius 3 is 2.29 bits per heavy atom. The van der Waals surface area contributed by atoms with Crippen molar-refractivity contribution in [3.05, 3.63) is 47.5 Å². The Kier molecular flexibility index (Phi) is 14.2. The van der Waals surface area contributed by atoms with Gasteiger partial charge in [-0.1, -0.05) is 12.1 Å². The van der Waals surface area contributed by atoms with Gasteiger partial charge >= 0.3 is 5.97 Å². The van der Waals surface area contributed by atoms with Gasteiger partial charge in [0.25, 0.3) is 0 Å². The number of hydrogen-bond donors (Lipinski definition) is 10. The molecule has 0 saturated heterocycles. The van der Waals surface area contributed by atoms with Crippen LogP contribution in [0.2, 0.25) is 0 Å². The predicted octanol–water partition coefficient (Wildman–Crippen LogP) is -4.12. The molecule has 0 saturated carbocycles. The molecule has 0 radical (unpaired) electrons. The standard InChI is InChI=1S/C32H41N7O12/c1-33-21(15-40)30(48)36-12-25(44)34-14-27(46)39(2)28-17-5-7-23(42)19(10-17)18-8-16(4-6-22(18)41)9-20(38-26(45)13-37-31(28)49)29(47)35-11-24(43)32(50)51-3/h4-8,10,20-21,24,28,33,40-43H,9,11-15H2,1-3H3,(H,34,44)(H,35,47)(H,36,48)(H,37,49)(H,38,45)/t20-,21+,24?,28?/m0/s1. The number of amides is 6. The molecule has 4 bridgehead atoms. The number of benzene rings is 2. The molecule has 3 rings (SSSR count). The van der Waals surface area contributed by atoms with Gasteiger partial charge in [0.1, 0.15) is 29.6 Å². The third kappa shape index (κ3) is 10.6. The van der Waals surface area contributed by atoms with Gasteiger partial charge in [-0.25, -0.2) is 4.79 Å². The maximum atomic E-state index is 13.6. The van der Waals surface area contributed by atoms with Crippen LogP contribution in [0.3, 0.4) is 0 Å². The molecule has 2 aromatic rings. The highest BCUT2D eigenvalue weighted by atomic mass is 16.5. The summed E-state index contributed by atoms with van der Waals surface area (Å²) in [6, 6.07) is 4.48. The van der Waals surface area contributed by atoms with Crippen LogP contribution in [0.4, 0.5) is 0 Å². The number of methoxy groups -OCH3 is 1. The van der Waals surface area contributed by atoms with E-state index in [2.05, 4.69) is 36.6 Å².